The fraction of sp³-hybridized carbons (Fsp3) is 1.00. The highest BCUT2D eigenvalue weighted by Gasteiger charge is 2.09. The normalized spacial score (nSPS) is 17.9. The lowest BCUT2D eigenvalue weighted by atomic mass is 10.9. The van der Waals surface area contributed by atoms with Gasteiger partial charge in [-0.25, -0.2) is 0 Å². The predicted molar refractivity (Wildman–Crippen MR) is 38.8 cm³/mol. The molecule has 0 aromatic carbocycles. The molecule has 50 valence electrons. The van der Waals surface area contributed by atoms with E-state index in [1.165, 1.54) is 7.11 Å². The van der Waals surface area contributed by atoms with Crippen LogP contribution in [0.3, 0.4) is 0 Å². The van der Waals surface area contributed by atoms with E-state index in [2.05, 4.69) is 16.3 Å². The molecule has 0 saturated carbocycles. The Balaban J connectivity index is 3.55. The molecule has 2 nitrogen and oxygen atoms in total. The number of halogens is 1. The van der Waals surface area contributed by atoms with Crippen LogP contribution in [0.2, 0.25) is 0 Å². The standard InChI is InChI=1S/C3H8ClO2PS/c1-3-6-7(4,8)5-2/h3H2,1-2H3. The summed E-state index contributed by atoms with van der Waals surface area (Å²) in [5, 5.41) is 0. The largest absolute Gasteiger partial charge is 0.321 e. The van der Waals surface area contributed by atoms with Crippen molar-refractivity contribution in [1.29, 1.82) is 0 Å². The Morgan fingerprint density at radius 1 is 1.75 bits per heavy atom. The first kappa shape index (κ1) is 8.86. The molecule has 0 bridgehead atoms. The second-order valence-corrected chi connectivity index (χ2v) is 5.89. The topological polar surface area (TPSA) is 18.5 Å². The van der Waals surface area contributed by atoms with Crippen molar-refractivity contribution in [3.8, 4) is 0 Å². The number of hydrogen-bond acceptors (Lipinski definition) is 3. The van der Waals surface area contributed by atoms with Crippen molar-refractivity contribution in [3.63, 3.8) is 0 Å². The van der Waals surface area contributed by atoms with Crippen LogP contribution in [0.4, 0.5) is 0 Å². The van der Waals surface area contributed by atoms with Crippen molar-refractivity contribution < 1.29 is 9.05 Å². The number of hydrogen-bond donors (Lipinski definition) is 0. The van der Waals surface area contributed by atoms with Crippen molar-refractivity contribution in [1.82, 2.24) is 0 Å². The molecule has 0 aromatic heterocycles. The first-order valence-electron chi connectivity index (χ1n) is 2.12. The van der Waals surface area contributed by atoms with Gasteiger partial charge >= 0.3 is 0 Å². The zero-order valence-corrected chi connectivity index (χ0v) is 7.22. The minimum absolute atomic E-state index is 0.509. The van der Waals surface area contributed by atoms with Gasteiger partial charge in [0.1, 0.15) is 0 Å². The molecule has 0 aliphatic heterocycles. The Kier molecular flexibility index (Phi) is 4.21. The SMILES string of the molecule is CCOP(=S)(Cl)OC. The van der Waals surface area contributed by atoms with Gasteiger partial charge in [0.15, 0.2) is 0 Å². The first-order chi connectivity index (χ1) is 3.62. The van der Waals surface area contributed by atoms with Gasteiger partial charge < -0.3 is 9.05 Å². The molecule has 0 spiro atoms. The summed E-state index contributed by atoms with van der Waals surface area (Å²) in [5.74, 6) is -2.37. The van der Waals surface area contributed by atoms with Crippen molar-refractivity contribution in [3.05, 3.63) is 0 Å². The van der Waals surface area contributed by atoms with E-state index in [0.29, 0.717) is 6.61 Å². The van der Waals surface area contributed by atoms with Gasteiger partial charge in [0.2, 0.25) is 0 Å². The van der Waals surface area contributed by atoms with Gasteiger partial charge in [-0.05, 0) is 30.0 Å². The molecule has 1 unspecified atom stereocenters. The molecular formula is C3H8ClO2PS. The molecule has 0 N–H and O–H groups in total. The van der Waals surface area contributed by atoms with Crippen molar-refractivity contribution in [2.75, 3.05) is 13.7 Å². The van der Waals surface area contributed by atoms with E-state index >= 15 is 0 Å². The molecule has 0 heterocycles. The van der Waals surface area contributed by atoms with Crippen LogP contribution in [0, 0.1) is 0 Å². The van der Waals surface area contributed by atoms with E-state index in [1.807, 2.05) is 6.92 Å². The summed E-state index contributed by atoms with van der Waals surface area (Å²) >= 11 is 10.2. The maximum Gasteiger partial charge on any atom is 0.281 e. The Morgan fingerprint density at radius 3 is 2.38 bits per heavy atom. The summed E-state index contributed by atoms with van der Waals surface area (Å²) in [7, 11) is 1.45. The lowest BCUT2D eigenvalue weighted by Crippen LogP contribution is -1.83. The highest BCUT2D eigenvalue weighted by atomic mass is 35.7. The Hall–Kier alpha value is 0.860. The van der Waals surface area contributed by atoms with Crippen LogP contribution >= 0.6 is 17.1 Å². The average molecular weight is 175 g/mol. The van der Waals surface area contributed by atoms with E-state index in [1.54, 1.807) is 0 Å². The lowest BCUT2D eigenvalue weighted by molar-refractivity contribution is 0.309. The van der Waals surface area contributed by atoms with Gasteiger partial charge in [0.25, 0.3) is 5.84 Å². The van der Waals surface area contributed by atoms with Crippen molar-refractivity contribution in [2.45, 2.75) is 6.92 Å². The van der Waals surface area contributed by atoms with Crippen LogP contribution < -0.4 is 0 Å². The van der Waals surface area contributed by atoms with Gasteiger partial charge in [-0.15, -0.1) is 0 Å². The summed E-state index contributed by atoms with van der Waals surface area (Å²) in [5.41, 5.74) is 0. The molecule has 0 aliphatic rings. The summed E-state index contributed by atoms with van der Waals surface area (Å²) < 4.78 is 9.49. The highest BCUT2D eigenvalue weighted by molar-refractivity contribution is 8.22. The van der Waals surface area contributed by atoms with E-state index < -0.39 is 5.84 Å². The average Bonchev–Trinajstić information content (AvgIpc) is 1.67. The quantitative estimate of drug-likeness (QED) is 0.611. The minimum atomic E-state index is -2.37. The van der Waals surface area contributed by atoms with Crippen molar-refractivity contribution in [2.24, 2.45) is 0 Å². The van der Waals surface area contributed by atoms with Crippen molar-refractivity contribution >= 4 is 28.9 Å². The Bertz CT molecular complexity index is 107. The van der Waals surface area contributed by atoms with E-state index in [4.69, 9.17) is 15.8 Å². The third kappa shape index (κ3) is 3.81. The molecule has 0 aliphatic carbocycles. The maximum absolute atomic E-state index is 5.50. The molecule has 0 saturated heterocycles. The highest BCUT2D eigenvalue weighted by Crippen LogP contribution is 2.52. The Morgan fingerprint density at radius 2 is 2.25 bits per heavy atom. The van der Waals surface area contributed by atoms with E-state index in [0.717, 1.165) is 0 Å². The van der Waals surface area contributed by atoms with E-state index in [9.17, 15) is 0 Å². The van der Waals surface area contributed by atoms with Gasteiger partial charge in [0, 0.05) is 7.11 Å². The molecule has 5 heteroatoms. The summed E-state index contributed by atoms with van der Waals surface area (Å²) in [6, 6.07) is 0. The molecule has 0 rings (SSSR count). The van der Waals surface area contributed by atoms with Gasteiger partial charge in [-0.3, -0.25) is 0 Å². The summed E-state index contributed by atoms with van der Waals surface area (Å²) in [6.07, 6.45) is 0. The monoisotopic (exact) mass is 174 g/mol. The fourth-order valence-corrected chi connectivity index (χ4v) is 1.23. The number of rotatable bonds is 3. The molecule has 1 atom stereocenters. The molecule has 0 aromatic rings. The third-order valence-electron chi connectivity index (χ3n) is 0.501. The third-order valence-corrected chi connectivity index (χ3v) is 2.97. The van der Waals surface area contributed by atoms with Gasteiger partial charge in [-0.1, -0.05) is 0 Å². The van der Waals surface area contributed by atoms with Crippen LogP contribution in [-0.4, -0.2) is 13.7 Å². The molecule has 0 fully saturated rings. The minimum Gasteiger partial charge on any atom is -0.321 e. The molecular weight excluding hydrogens is 167 g/mol. The zero-order chi connectivity index (χ0) is 6.62. The summed E-state index contributed by atoms with van der Waals surface area (Å²) in [4.78, 5) is 0. The second-order valence-electron chi connectivity index (χ2n) is 1.03. The summed E-state index contributed by atoms with van der Waals surface area (Å²) in [6.45, 7) is 2.33. The molecule has 8 heavy (non-hydrogen) atoms. The molecule has 0 amide bonds. The fourth-order valence-electron chi connectivity index (χ4n) is 0.207. The first-order valence-corrected chi connectivity index (χ1v) is 5.66. The van der Waals surface area contributed by atoms with Crippen LogP contribution in [0.15, 0.2) is 0 Å². The lowest BCUT2D eigenvalue weighted by Gasteiger charge is -2.08. The van der Waals surface area contributed by atoms with Gasteiger partial charge in [0.05, 0.1) is 6.61 Å². The second kappa shape index (κ2) is 3.80. The Labute approximate surface area is 59.1 Å². The van der Waals surface area contributed by atoms with Crippen LogP contribution in [-0.2, 0) is 20.9 Å². The molecule has 0 radical (unpaired) electrons. The predicted octanol–water partition coefficient (Wildman–Crippen LogP) is 2.13. The van der Waals surface area contributed by atoms with Gasteiger partial charge in [-0.2, -0.15) is 0 Å². The zero-order valence-electron chi connectivity index (χ0n) is 4.76. The smallest absolute Gasteiger partial charge is 0.281 e. The maximum atomic E-state index is 5.50. The van der Waals surface area contributed by atoms with Crippen LogP contribution in [0.25, 0.3) is 0 Å². The van der Waals surface area contributed by atoms with E-state index in [-0.39, 0.29) is 0 Å². The van der Waals surface area contributed by atoms with Crippen LogP contribution in [0.5, 0.6) is 0 Å². The van der Waals surface area contributed by atoms with Crippen LogP contribution in [0.1, 0.15) is 6.92 Å².